The Morgan fingerprint density at radius 3 is 0.884 bits per heavy atom. The summed E-state index contributed by atoms with van der Waals surface area (Å²) < 4.78 is 2.30. The third-order valence-corrected chi connectivity index (χ3v) is 20.9. The third-order valence-electron chi connectivity index (χ3n) is 20.9. The van der Waals surface area contributed by atoms with Gasteiger partial charge in [0, 0.05) is 277 Å². The van der Waals surface area contributed by atoms with Gasteiger partial charge in [-0.25, -0.2) is 0 Å². The smallest absolute Gasteiger partial charge is 0.132 e. The van der Waals surface area contributed by atoms with Gasteiger partial charge in [-0.1, -0.05) is 82.3 Å². The normalized spacial score (nSPS) is 9.82. The standard InChI is InChI=1S/C14H20N2.C13H18N2.2C10H16N2.3C9H14N2.2C8H12N2.2C5H10O.V/c1-9-7-8-12(15(4)5)13-10(2)11(3)16(6)14(9)13;1-8-6-7-11(15(4)5)12-9(2)10(3)14-13(8)12;2*1-8-5-6-9(12(3)4)7-10(8)11-2;1-7-4-5-8(11(2)3)6-9(7)10;2*1-7-4-5-8(10-2)6-9(7)11-3;2*1-6-3-4-7(10-2)5-8(6)9;2*1-4(2)5(3)6;/h7-8H,1-6H3;6-7,14H,1-5H3;2*5-7,11H,1-4H3;4-6H,10H2,1-3H3;2*4-6,10-11H,1-3H3;2*3-5,10H,9H2,1-2H3;2*4H,1-3H3;. The molecule has 11 aromatic rings. The zero-order valence-electron chi connectivity index (χ0n) is 81.3. The number of aromatic nitrogens is 2. The molecule has 0 atom stereocenters. The molecule has 663 valence electrons. The summed E-state index contributed by atoms with van der Waals surface area (Å²) in [6.07, 6.45) is 0. The van der Waals surface area contributed by atoms with Crippen LogP contribution < -0.4 is 84.2 Å². The second-order valence-electron chi connectivity index (χ2n) is 31.7. The van der Waals surface area contributed by atoms with E-state index in [0.29, 0.717) is 0 Å². The van der Waals surface area contributed by atoms with Crippen LogP contribution in [-0.2, 0) is 35.2 Å². The summed E-state index contributed by atoms with van der Waals surface area (Å²) >= 11 is 0. The van der Waals surface area contributed by atoms with Crippen molar-refractivity contribution in [2.75, 3.05) is 211 Å². The molecule has 20 nitrogen and oxygen atoms in total. The van der Waals surface area contributed by atoms with Crippen molar-refractivity contribution < 1.29 is 28.1 Å². The minimum Gasteiger partial charge on any atom is -0.398 e. The van der Waals surface area contributed by atoms with Crippen LogP contribution in [0.2, 0.25) is 0 Å². The molecule has 15 N–H and O–H groups in total. The molecule has 121 heavy (non-hydrogen) atoms. The van der Waals surface area contributed by atoms with Gasteiger partial charge >= 0.3 is 0 Å². The van der Waals surface area contributed by atoms with E-state index in [2.05, 4.69) is 279 Å². The summed E-state index contributed by atoms with van der Waals surface area (Å²) in [7, 11) is 38.1. The van der Waals surface area contributed by atoms with E-state index in [9.17, 15) is 9.59 Å². The van der Waals surface area contributed by atoms with Crippen LogP contribution in [0.4, 0.5) is 91.0 Å². The van der Waals surface area contributed by atoms with Crippen LogP contribution in [0.3, 0.4) is 0 Å². The average Bonchev–Trinajstić information content (AvgIpc) is 1.62. The molecule has 0 unspecified atom stereocenters. The number of rotatable bonds is 15. The second kappa shape index (κ2) is 54.9. The predicted octanol–water partition coefficient (Wildman–Crippen LogP) is 22.0. The Hall–Kier alpha value is -11.2. The minimum absolute atomic E-state index is 0. The van der Waals surface area contributed by atoms with Crippen LogP contribution in [0.1, 0.15) is 114 Å². The Morgan fingerprint density at radius 2 is 0.595 bits per heavy atom. The number of nitrogens with one attached hydrogen (secondary N) is 9. The molecular weight excluding hydrogens is 1540 g/mol. The van der Waals surface area contributed by atoms with E-state index in [-0.39, 0.29) is 42.0 Å². The van der Waals surface area contributed by atoms with Gasteiger partial charge in [-0.15, -0.1) is 0 Å². The number of ketones is 2. The molecule has 0 saturated carbocycles. The van der Waals surface area contributed by atoms with E-state index in [4.69, 9.17) is 17.2 Å². The van der Waals surface area contributed by atoms with Crippen LogP contribution >= 0.6 is 0 Å². The number of fused-ring (bicyclic) bond motifs is 2. The van der Waals surface area contributed by atoms with E-state index in [1.165, 1.54) is 123 Å². The van der Waals surface area contributed by atoms with Crippen molar-refractivity contribution in [2.45, 2.75) is 132 Å². The largest absolute Gasteiger partial charge is 0.398 e. The molecule has 2 aromatic heterocycles. The topological polar surface area (TPSA) is 245 Å². The van der Waals surface area contributed by atoms with Crippen molar-refractivity contribution in [1.29, 1.82) is 0 Å². The van der Waals surface area contributed by atoms with Gasteiger partial charge in [-0.05, 0) is 262 Å². The molecule has 0 spiro atoms. The van der Waals surface area contributed by atoms with Gasteiger partial charge in [-0.3, -0.25) is 9.59 Å². The van der Waals surface area contributed by atoms with Crippen molar-refractivity contribution in [2.24, 2.45) is 18.9 Å². The third kappa shape index (κ3) is 35.9. The van der Waals surface area contributed by atoms with Gasteiger partial charge in [-0.2, -0.15) is 0 Å². The molecule has 11 rings (SSSR count). The van der Waals surface area contributed by atoms with Gasteiger partial charge in [0.2, 0.25) is 0 Å². The summed E-state index contributed by atoms with van der Waals surface area (Å²) in [5.41, 5.74) is 54.1. The minimum atomic E-state index is 0. The molecule has 0 aliphatic rings. The Labute approximate surface area is 743 Å². The molecule has 21 heteroatoms. The van der Waals surface area contributed by atoms with Crippen molar-refractivity contribution in [3.63, 3.8) is 0 Å². The fourth-order valence-electron chi connectivity index (χ4n) is 11.4. The van der Waals surface area contributed by atoms with E-state index < -0.39 is 0 Å². The maximum absolute atomic E-state index is 10.1. The first-order valence-corrected chi connectivity index (χ1v) is 41.1. The van der Waals surface area contributed by atoms with E-state index in [1.807, 2.05) is 201 Å². The number of hydrogen-bond donors (Lipinski definition) is 12. The number of nitrogen functional groups attached to an aromatic ring is 3. The van der Waals surface area contributed by atoms with E-state index in [0.717, 1.165) is 62.2 Å². The SMILES string of the molecule is CC(=O)C(C)C.CC(=O)C(C)C.CNc1cc(N(C)C)ccc1C.CNc1cc(N(C)C)ccc1C.CNc1ccc(C)c(N)c1.CNc1ccc(C)c(N)c1.CNc1ccc(C)c(NC)c1.CNc1ccc(C)c(NC)c1.Cc1[nH]c2c(C)ccc(N(C)C)c2c1C.Cc1c(C)n(C)c2c(C)ccc(N(C)C)c12.Cc1ccc(N(C)C)cc1N.[V]. The Kier molecular flexibility index (Phi) is 49.8. The molecule has 2 heterocycles. The summed E-state index contributed by atoms with van der Waals surface area (Å²) in [5, 5.41) is 27.5. The molecule has 0 amide bonds. The van der Waals surface area contributed by atoms with E-state index in [1.54, 1.807) is 13.8 Å². The van der Waals surface area contributed by atoms with Gasteiger partial charge in [0.25, 0.3) is 0 Å². The number of carbonyl (C=O) groups excluding carboxylic acids is 2. The zero-order valence-corrected chi connectivity index (χ0v) is 82.7. The van der Waals surface area contributed by atoms with Crippen molar-refractivity contribution in [3.8, 4) is 0 Å². The first-order chi connectivity index (χ1) is 56.2. The molecule has 0 saturated heterocycles. The van der Waals surface area contributed by atoms with Crippen LogP contribution in [0, 0.1) is 102 Å². The van der Waals surface area contributed by atoms with Gasteiger partial charge < -0.3 is 93.8 Å². The van der Waals surface area contributed by atoms with Crippen LogP contribution in [0.25, 0.3) is 21.8 Å². The second-order valence-corrected chi connectivity index (χ2v) is 31.7. The molecule has 1 radical (unpaired) electrons. The first kappa shape index (κ1) is 110. The number of anilines is 16. The fraction of sp³-hybridized carbons (Fsp3) is 0.400. The van der Waals surface area contributed by atoms with Gasteiger partial charge in [0.15, 0.2) is 0 Å². The monoisotopic (exact) mass is 1690 g/mol. The number of aryl methyl sites for hydroxylation is 13. The van der Waals surface area contributed by atoms with Crippen LogP contribution in [0.15, 0.2) is 152 Å². The average molecular weight is 1690 g/mol. The summed E-state index contributed by atoms with van der Waals surface area (Å²) in [4.78, 5) is 34.3. The molecule has 0 aliphatic carbocycles. The number of H-pyrrole nitrogens is 1. The summed E-state index contributed by atoms with van der Waals surface area (Å²) in [5.74, 6) is 0.944. The summed E-state index contributed by atoms with van der Waals surface area (Å²) in [6, 6.07) is 52.0. The Bertz CT molecular complexity index is 4770. The first-order valence-electron chi connectivity index (χ1n) is 41.1. The number of nitrogens with zero attached hydrogens (tertiary/aromatic N) is 6. The molecule has 0 fully saturated rings. The molecular formula is C100H156N18O2V. The predicted molar refractivity (Wildman–Crippen MR) is 540 cm³/mol. The maximum atomic E-state index is 10.1. The maximum Gasteiger partial charge on any atom is 0.132 e. The molecule has 0 aliphatic heterocycles. The Balaban J connectivity index is 0.00000132. The Morgan fingerprint density at radius 1 is 0.331 bits per heavy atom. The quantitative estimate of drug-likeness (QED) is 0.0427. The van der Waals surface area contributed by atoms with Crippen molar-refractivity contribution >= 4 is 124 Å². The number of hydrogen-bond acceptors (Lipinski definition) is 18. The van der Waals surface area contributed by atoms with Crippen LogP contribution in [0.5, 0.6) is 0 Å². The fourth-order valence-corrected chi connectivity index (χ4v) is 11.4. The van der Waals surface area contributed by atoms with Crippen molar-refractivity contribution in [1.82, 2.24) is 9.55 Å². The molecule has 0 bridgehead atoms. The molecule has 9 aromatic carbocycles. The number of benzene rings is 9. The van der Waals surface area contributed by atoms with Crippen molar-refractivity contribution in [3.05, 3.63) is 224 Å². The number of nitrogens with two attached hydrogens (primary N) is 3. The number of Topliss-reactive ketones (excluding diaryl/α,β-unsaturated/α-hetero) is 2. The number of aromatic amines is 1. The van der Waals surface area contributed by atoms with E-state index >= 15 is 0 Å². The van der Waals surface area contributed by atoms with Gasteiger partial charge in [0.1, 0.15) is 11.6 Å². The summed E-state index contributed by atoms with van der Waals surface area (Å²) in [6.45, 7) is 38.2. The van der Waals surface area contributed by atoms with Gasteiger partial charge in [0.05, 0.1) is 11.0 Å². The number of carbonyl (C=O) groups is 2. The van der Waals surface area contributed by atoms with Crippen LogP contribution in [-0.4, -0.2) is 148 Å². The zero-order chi connectivity index (χ0) is 91.9.